The van der Waals surface area contributed by atoms with Crippen LogP contribution in [-0.2, 0) is 0 Å². The first kappa shape index (κ1) is 10.0. The fourth-order valence-corrected chi connectivity index (χ4v) is 1.51. The molecule has 0 heterocycles. The Labute approximate surface area is 67.5 Å². The lowest BCUT2D eigenvalue weighted by Gasteiger charge is -1.96. The van der Waals surface area contributed by atoms with Gasteiger partial charge in [0.1, 0.15) is 0 Å². The van der Waals surface area contributed by atoms with Crippen LogP contribution in [0.2, 0.25) is 0 Å². The van der Waals surface area contributed by atoms with Crippen molar-refractivity contribution in [3.05, 3.63) is 12.7 Å². The zero-order valence-corrected chi connectivity index (χ0v) is 7.20. The van der Waals surface area contributed by atoms with Gasteiger partial charge in [-0.15, -0.1) is 6.58 Å². The summed E-state index contributed by atoms with van der Waals surface area (Å²) in [5.41, 5.74) is 0. The van der Waals surface area contributed by atoms with E-state index in [2.05, 4.69) is 6.58 Å². The number of aliphatic hydroxyl groups excluding tert-OH is 1. The molecule has 0 aromatic rings. The van der Waals surface area contributed by atoms with Crippen molar-refractivity contribution in [2.24, 2.45) is 0 Å². The summed E-state index contributed by atoms with van der Waals surface area (Å²) in [4.78, 5) is 0. The SMILES string of the molecule is C=CCCCSCCCO. The molecule has 0 atom stereocenters. The van der Waals surface area contributed by atoms with E-state index in [0.717, 1.165) is 18.6 Å². The molecule has 0 spiro atoms. The molecule has 0 saturated carbocycles. The topological polar surface area (TPSA) is 20.2 Å². The van der Waals surface area contributed by atoms with Crippen molar-refractivity contribution in [3.8, 4) is 0 Å². The van der Waals surface area contributed by atoms with Crippen LogP contribution in [-0.4, -0.2) is 23.2 Å². The number of hydrogen-bond donors (Lipinski definition) is 1. The summed E-state index contributed by atoms with van der Waals surface area (Å²) in [5, 5.41) is 8.44. The fraction of sp³-hybridized carbons (Fsp3) is 0.750. The number of rotatable bonds is 7. The molecule has 0 aromatic heterocycles. The van der Waals surface area contributed by atoms with Crippen LogP contribution in [0.25, 0.3) is 0 Å². The highest BCUT2D eigenvalue weighted by Gasteiger charge is 1.86. The van der Waals surface area contributed by atoms with Gasteiger partial charge in [-0.05, 0) is 30.8 Å². The third-order valence-corrected chi connectivity index (χ3v) is 2.30. The highest BCUT2D eigenvalue weighted by atomic mass is 32.2. The minimum Gasteiger partial charge on any atom is -0.396 e. The van der Waals surface area contributed by atoms with Crippen LogP contribution >= 0.6 is 11.8 Å². The summed E-state index contributed by atoms with van der Waals surface area (Å²) in [6.07, 6.45) is 5.22. The molecule has 0 rings (SSSR count). The van der Waals surface area contributed by atoms with Crippen molar-refractivity contribution in [1.29, 1.82) is 0 Å². The van der Waals surface area contributed by atoms with E-state index in [1.54, 1.807) is 0 Å². The maximum absolute atomic E-state index is 8.44. The fourth-order valence-electron chi connectivity index (χ4n) is 0.598. The molecule has 0 radical (unpaired) electrons. The molecule has 0 bridgehead atoms. The van der Waals surface area contributed by atoms with E-state index in [-0.39, 0.29) is 0 Å². The summed E-state index contributed by atoms with van der Waals surface area (Å²) in [6.45, 7) is 3.97. The van der Waals surface area contributed by atoms with E-state index in [0.29, 0.717) is 6.61 Å². The van der Waals surface area contributed by atoms with Crippen LogP contribution in [0, 0.1) is 0 Å². The van der Waals surface area contributed by atoms with Gasteiger partial charge in [0.05, 0.1) is 0 Å². The van der Waals surface area contributed by atoms with E-state index in [1.807, 2.05) is 17.8 Å². The van der Waals surface area contributed by atoms with Crippen LogP contribution in [0.5, 0.6) is 0 Å². The zero-order valence-electron chi connectivity index (χ0n) is 6.38. The number of allylic oxidation sites excluding steroid dienone is 1. The molecule has 0 aliphatic rings. The van der Waals surface area contributed by atoms with E-state index in [4.69, 9.17) is 5.11 Å². The Morgan fingerprint density at radius 3 is 2.60 bits per heavy atom. The number of thioether (sulfide) groups is 1. The van der Waals surface area contributed by atoms with Crippen LogP contribution in [0.15, 0.2) is 12.7 Å². The monoisotopic (exact) mass is 160 g/mol. The molecule has 10 heavy (non-hydrogen) atoms. The van der Waals surface area contributed by atoms with Gasteiger partial charge in [-0.3, -0.25) is 0 Å². The zero-order chi connectivity index (χ0) is 7.66. The molecule has 0 fully saturated rings. The van der Waals surface area contributed by atoms with E-state index in [9.17, 15) is 0 Å². The Kier molecular flexibility index (Phi) is 9.10. The summed E-state index contributed by atoms with van der Waals surface area (Å²) in [7, 11) is 0. The lowest BCUT2D eigenvalue weighted by atomic mass is 10.3. The van der Waals surface area contributed by atoms with Gasteiger partial charge >= 0.3 is 0 Å². The van der Waals surface area contributed by atoms with E-state index < -0.39 is 0 Å². The van der Waals surface area contributed by atoms with Gasteiger partial charge in [0, 0.05) is 6.61 Å². The van der Waals surface area contributed by atoms with Crippen LogP contribution in [0.4, 0.5) is 0 Å². The second kappa shape index (κ2) is 9.05. The van der Waals surface area contributed by atoms with Gasteiger partial charge in [-0.2, -0.15) is 11.8 Å². The maximum atomic E-state index is 8.44. The average molecular weight is 160 g/mol. The third kappa shape index (κ3) is 8.05. The van der Waals surface area contributed by atoms with Crippen molar-refractivity contribution in [3.63, 3.8) is 0 Å². The van der Waals surface area contributed by atoms with Crippen molar-refractivity contribution in [2.75, 3.05) is 18.1 Å². The van der Waals surface area contributed by atoms with E-state index >= 15 is 0 Å². The third-order valence-electron chi connectivity index (χ3n) is 1.14. The first-order chi connectivity index (χ1) is 4.91. The first-order valence-electron chi connectivity index (χ1n) is 3.71. The quantitative estimate of drug-likeness (QED) is 0.454. The Morgan fingerprint density at radius 1 is 1.30 bits per heavy atom. The summed E-state index contributed by atoms with van der Waals surface area (Å²) in [6, 6.07) is 0. The van der Waals surface area contributed by atoms with Gasteiger partial charge in [0.2, 0.25) is 0 Å². The highest BCUT2D eigenvalue weighted by Crippen LogP contribution is 2.05. The standard InChI is InChI=1S/C8H16OS/c1-2-3-4-7-10-8-5-6-9/h2,9H,1,3-8H2. The normalized spacial score (nSPS) is 9.70. The molecule has 0 amide bonds. The highest BCUT2D eigenvalue weighted by molar-refractivity contribution is 7.99. The van der Waals surface area contributed by atoms with Crippen LogP contribution in [0.1, 0.15) is 19.3 Å². The summed E-state index contributed by atoms with van der Waals surface area (Å²) < 4.78 is 0. The minimum absolute atomic E-state index is 0.328. The van der Waals surface area contributed by atoms with Gasteiger partial charge in [0.25, 0.3) is 0 Å². The van der Waals surface area contributed by atoms with Crippen molar-refractivity contribution >= 4 is 11.8 Å². The van der Waals surface area contributed by atoms with Gasteiger partial charge in [0.15, 0.2) is 0 Å². The first-order valence-corrected chi connectivity index (χ1v) is 4.86. The lowest BCUT2D eigenvalue weighted by Crippen LogP contribution is -1.87. The largest absolute Gasteiger partial charge is 0.396 e. The molecular weight excluding hydrogens is 144 g/mol. The molecule has 1 nitrogen and oxygen atoms in total. The van der Waals surface area contributed by atoms with Gasteiger partial charge in [-0.1, -0.05) is 6.08 Å². The molecule has 0 aliphatic heterocycles. The molecule has 2 heteroatoms. The van der Waals surface area contributed by atoms with Crippen molar-refractivity contribution in [1.82, 2.24) is 0 Å². The van der Waals surface area contributed by atoms with Gasteiger partial charge < -0.3 is 5.11 Å². The number of hydrogen-bond acceptors (Lipinski definition) is 2. The second-order valence-corrected chi connectivity index (χ2v) is 3.35. The van der Waals surface area contributed by atoms with Crippen LogP contribution < -0.4 is 0 Å². The molecule has 0 aromatic carbocycles. The average Bonchev–Trinajstić information content (AvgIpc) is 1.97. The van der Waals surface area contributed by atoms with Crippen molar-refractivity contribution in [2.45, 2.75) is 19.3 Å². The second-order valence-electron chi connectivity index (χ2n) is 2.12. The molecular formula is C8H16OS. The number of aliphatic hydroxyl groups is 1. The molecule has 0 aliphatic carbocycles. The smallest absolute Gasteiger partial charge is 0.0438 e. The van der Waals surface area contributed by atoms with E-state index in [1.165, 1.54) is 12.2 Å². The maximum Gasteiger partial charge on any atom is 0.0438 e. The molecule has 0 saturated heterocycles. The predicted octanol–water partition coefficient (Wildman–Crippen LogP) is 2.07. The van der Waals surface area contributed by atoms with Crippen molar-refractivity contribution < 1.29 is 5.11 Å². The minimum atomic E-state index is 0.328. The number of unbranched alkanes of at least 4 members (excludes halogenated alkanes) is 1. The Hall–Kier alpha value is 0.0500. The Balaban J connectivity index is 2.70. The Bertz CT molecular complexity index is 73.7. The molecule has 1 N–H and O–H groups in total. The predicted molar refractivity (Wildman–Crippen MR) is 48.5 cm³/mol. The Morgan fingerprint density at radius 2 is 2.00 bits per heavy atom. The summed E-state index contributed by atoms with van der Waals surface area (Å²) >= 11 is 1.91. The molecule has 60 valence electrons. The lowest BCUT2D eigenvalue weighted by molar-refractivity contribution is 0.296. The molecule has 0 unspecified atom stereocenters. The van der Waals surface area contributed by atoms with Gasteiger partial charge in [-0.25, -0.2) is 0 Å². The summed E-state index contributed by atoms with van der Waals surface area (Å²) in [5.74, 6) is 2.29. The van der Waals surface area contributed by atoms with Crippen LogP contribution in [0.3, 0.4) is 0 Å².